The summed E-state index contributed by atoms with van der Waals surface area (Å²) in [7, 11) is 3.39. The zero-order valence-corrected chi connectivity index (χ0v) is 12.6. The van der Waals surface area contributed by atoms with Crippen molar-refractivity contribution in [1.82, 2.24) is 10.2 Å². The van der Waals surface area contributed by atoms with Gasteiger partial charge in [-0.1, -0.05) is 6.07 Å². The van der Waals surface area contributed by atoms with Crippen LogP contribution in [0, 0.1) is 6.92 Å². The number of rotatable bonds is 3. The number of nitrogens with one attached hydrogen (secondary N) is 2. The summed E-state index contributed by atoms with van der Waals surface area (Å²) in [5.74, 6) is -0.291. The van der Waals surface area contributed by atoms with E-state index in [0.29, 0.717) is 24.4 Å². The Morgan fingerprint density at radius 2 is 2.14 bits per heavy atom. The number of benzene rings is 1. The van der Waals surface area contributed by atoms with Crippen molar-refractivity contribution in [3.63, 3.8) is 0 Å². The van der Waals surface area contributed by atoms with Crippen LogP contribution in [0.3, 0.4) is 0 Å². The summed E-state index contributed by atoms with van der Waals surface area (Å²) in [6.07, 6.45) is -0.494. The molecule has 1 aromatic rings. The second kappa shape index (κ2) is 6.69. The van der Waals surface area contributed by atoms with Gasteiger partial charge in [-0.15, -0.1) is 0 Å². The van der Waals surface area contributed by atoms with E-state index >= 15 is 0 Å². The maximum atomic E-state index is 12.2. The van der Waals surface area contributed by atoms with Crippen molar-refractivity contribution in [2.75, 3.05) is 39.1 Å². The molecule has 1 fully saturated rings. The molecule has 0 aromatic heterocycles. The van der Waals surface area contributed by atoms with E-state index in [1.807, 2.05) is 13.0 Å². The zero-order valence-electron chi connectivity index (χ0n) is 12.6. The van der Waals surface area contributed by atoms with Crippen LogP contribution in [0.1, 0.15) is 15.9 Å². The van der Waals surface area contributed by atoms with Gasteiger partial charge < -0.3 is 20.3 Å². The van der Waals surface area contributed by atoms with Gasteiger partial charge in [0.25, 0.3) is 11.8 Å². The second-order valence-corrected chi connectivity index (χ2v) is 5.28. The lowest BCUT2D eigenvalue weighted by Gasteiger charge is -2.23. The molecule has 1 aromatic carbocycles. The van der Waals surface area contributed by atoms with Crippen molar-refractivity contribution < 1.29 is 14.3 Å². The van der Waals surface area contributed by atoms with Gasteiger partial charge >= 0.3 is 0 Å². The van der Waals surface area contributed by atoms with Crippen molar-refractivity contribution in [3.8, 4) is 0 Å². The van der Waals surface area contributed by atoms with Gasteiger partial charge in [-0.25, -0.2) is 0 Å². The number of aryl methyl sites for hydroxylation is 1. The molecule has 21 heavy (non-hydrogen) atoms. The van der Waals surface area contributed by atoms with E-state index in [1.165, 1.54) is 4.90 Å². The second-order valence-electron chi connectivity index (χ2n) is 5.28. The number of anilines is 1. The third kappa shape index (κ3) is 3.80. The molecule has 1 heterocycles. The minimum Gasteiger partial charge on any atom is -0.366 e. The highest BCUT2D eigenvalue weighted by Crippen LogP contribution is 2.18. The van der Waals surface area contributed by atoms with E-state index in [1.54, 1.807) is 26.2 Å². The number of nitrogens with zero attached hydrogens (tertiary/aromatic N) is 1. The highest BCUT2D eigenvalue weighted by atomic mass is 16.5. The minimum atomic E-state index is -0.494. The summed E-state index contributed by atoms with van der Waals surface area (Å²) >= 11 is 0. The normalized spacial score (nSPS) is 18.1. The van der Waals surface area contributed by atoms with Gasteiger partial charge in [0.2, 0.25) is 0 Å². The molecule has 0 bridgehead atoms. The molecule has 0 saturated carbocycles. The molecule has 6 heteroatoms. The highest BCUT2D eigenvalue weighted by molar-refractivity contribution is 5.98. The Balaban J connectivity index is 2.13. The topological polar surface area (TPSA) is 70.7 Å². The van der Waals surface area contributed by atoms with Crippen molar-refractivity contribution >= 4 is 17.5 Å². The average Bonchev–Trinajstić information content (AvgIpc) is 2.49. The molecular weight excluding hydrogens is 270 g/mol. The molecule has 2 amide bonds. The summed E-state index contributed by atoms with van der Waals surface area (Å²) in [5.41, 5.74) is 2.09. The van der Waals surface area contributed by atoms with E-state index in [4.69, 9.17) is 4.74 Å². The summed E-state index contributed by atoms with van der Waals surface area (Å²) in [5, 5.41) is 5.95. The molecule has 114 valence electrons. The van der Waals surface area contributed by atoms with E-state index < -0.39 is 6.10 Å². The molecule has 2 N–H and O–H groups in total. The monoisotopic (exact) mass is 291 g/mol. The van der Waals surface area contributed by atoms with Gasteiger partial charge in [-0.2, -0.15) is 0 Å². The fraction of sp³-hybridized carbons (Fsp3) is 0.467. The molecule has 6 nitrogen and oxygen atoms in total. The predicted octanol–water partition coefficient (Wildman–Crippen LogP) is 0.624. The van der Waals surface area contributed by atoms with Crippen LogP contribution >= 0.6 is 0 Å². The Bertz CT molecular complexity index is 537. The largest absolute Gasteiger partial charge is 0.366 e. The van der Waals surface area contributed by atoms with Crippen LogP contribution in [0.25, 0.3) is 0 Å². The SMILES string of the molecule is Cc1ccc(C(=O)N(C)C)cc1NC(=O)C1CNCCO1. The summed E-state index contributed by atoms with van der Waals surface area (Å²) in [6, 6.07) is 5.28. The van der Waals surface area contributed by atoms with Gasteiger partial charge in [0.05, 0.1) is 6.61 Å². The van der Waals surface area contributed by atoms with E-state index in [2.05, 4.69) is 10.6 Å². The Labute approximate surface area is 124 Å². The number of ether oxygens (including phenoxy) is 1. The first-order valence-corrected chi connectivity index (χ1v) is 6.94. The Morgan fingerprint density at radius 1 is 1.38 bits per heavy atom. The minimum absolute atomic E-state index is 0.0962. The lowest BCUT2D eigenvalue weighted by atomic mass is 10.1. The smallest absolute Gasteiger partial charge is 0.254 e. The molecule has 1 aliphatic rings. The molecule has 1 atom stereocenters. The Hall–Kier alpha value is -1.92. The van der Waals surface area contributed by atoms with Crippen LogP contribution < -0.4 is 10.6 Å². The van der Waals surface area contributed by atoms with E-state index in [9.17, 15) is 9.59 Å². The molecule has 0 aliphatic carbocycles. The maximum absolute atomic E-state index is 12.2. The lowest BCUT2D eigenvalue weighted by Crippen LogP contribution is -2.45. The maximum Gasteiger partial charge on any atom is 0.254 e. The molecule has 2 rings (SSSR count). The molecule has 1 aliphatic heterocycles. The standard InChI is InChI=1S/C15H21N3O3/c1-10-4-5-11(15(20)18(2)3)8-12(10)17-14(19)13-9-16-6-7-21-13/h4-5,8,13,16H,6-7,9H2,1-3H3,(H,17,19). The van der Waals surface area contributed by atoms with Crippen LogP contribution in [0.2, 0.25) is 0 Å². The van der Waals surface area contributed by atoms with Gasteiger partial charge in [-0.05, 0) is 24.6 Å². The summed E-state index contributed by atoms with van der Waals surface area (Å²) < 4.78 is 5.42. The molecule has 0 spiro atoms. The van der Waals surface area contributed by atoms with Gasteiger partial charge in [0, 0.05) is 38.4 Å². The third-order valence-electron chi connectivity index (χ3n) is 3.37. The van der Waals surface area contributed by atoms with E-state index in [-0.39, 0.29) is 11.8 Å². The first-order valence-electron chi connectivity index (χ1n) is 6.94. The van der Waals surface area contributed by atoms with Crippen LogP contribution in [0.5, 0.6) is 0 Å². The number of hydrogen-bond acceptors (Lipinski definition) is 4. The fourth-order valence-electron chi connectivity index (χ4n) is 2.09. The molecule has 1 saturated heterocycles. The third-order valence-corrected chi connectivity index (χ3v) is 3.37. The quantitative estimate of drug-likeness (QED) is 0.856. The number of carbonyl (C=O) groups is 2. The van der Waals surface area contributed by atoms with Crippen molar-refractivity contribution in [2.45, 2.75) is 13.0 Å². The van der Waals surface area contributed by atoms with Gasteiger partial charge in [0.1, 0.15) is 6.10 Å². The zero-order chi connectivity index (χ0) is 15.4. The van der Waals surface area contributed by atoms with Crippen molar-refractivity contribution in [3.05, 3.63) is 29.3 Å². The Morgan fingerprint density at radius 3 is 2.76 bits per heavy atom. The predicted molar refractivity (Wildman–Crippen MR) is 80.4 cm³/mol. The summed E-state index contributed by atoms with van der Waals surface area (Å²) in [6.45, 7) is 3.67. The number of hydrogen-bond donors (Lipinski definition) is 2. The van der Waals surface area contributed by atoms with E-state index in [0.717, 1.165) is 12.1 Å². The van der Waals surface area contributed by atoms with Gasteiger partial charge in [0.15, 0.2) is 0 Å². The van der Waals surface area contributed by atoms with Crippen LogP contribution in [0.4, 0.5) is 5.69 Å². The Kier molecular flexibility index (Phi) is 4.93. The number of amides is 2. The van der Waals surface area contributed by atoms with Crippen LogP contribution in [0.15, 0.2) is 18.2 Å². The first kappa shape index (κ1) is 15.5. The highest BCUT2D eigenvalue weighted by Gasteiger charge is 2.22. The average molecular weight is 291 g/mol. The molecule has 1 unspecified atom stereocenters. The number of carbonyl (C=O) groups excluding carboxylic acids is 2. The van der Waals surface area contributed by atoms with Crippen molar-refractivity contribution in [1.29, 1.82) is 0 Å². The molecular formula is C15H21N3O3. The first-order chi connectivity index (χ1) is 9.99. The van der Waals surface area contributed by atoms with Crippen LogP contribution in [-0.2, 0) is 9.53 Å². The molecule has 0 radical (unpaired) electrons. The fourth-order valence-corrected chi connectivity index (χ4v) is 2.09. The van der Waals surface area contributed by atoms with Crippen LogP contribution in [-0.4, -0.2) is 56.6 Å². The van der Waals surface area contributed by atoms with Gasteiger partial charge in [-0.3, -0.25) is 9.59 Å². The van der Waals surface area contributed by atoms with Crippen molar-refractivity contribution in [2.24, 2.45) is 0 Å². The summed E-state index contributed by atoms with van der Waals surface area (Å²) in [4.78, 5) is 25.6. The lowest BCUT2D eigenvalue weighted by molar-refractivity contribution is -0.128. The number of morpholine rings is 1.